The SMILES string of the molecule is CCNC(=NCc1nc(C(F)(F)F)cs1)N1CCC(OCC2CCCCO2)CC1.I. The highest BCUT2D eigenvalue weighted by Crippen LogP contribution is 2.30. The molecule has 1 aromatic heterocycles. The highest BCUT2D eigenvalue weighted by atomic mass is 127. The van der Waals surface area contributed by atoms with Gasteiger partial charge in [-0.1, -0.05) is 0 Å². The molecule has 0 aliphatic carbocycles. The number of guanidine groups is 1. The molecule has 1 aromatic rings. The molecule has 30 heavy (non-hydrogen) atoms. The van der Waals surface area contributed by atoms with Gasteiger partial charge in [-0.25, -0.2) is 9.98 Å². The van der Waals surface area contributed by atoms with Gasteiger partial charge in [0, 0.05) is 31.6 Å². The summed E-state index contributed by atoms with van der Waals surface area (Å²) in [4.78, 5) is 10.3. The number of aromatic nitrogens is 1. The zero-order chi connectivity index (χ0) is 20.7. The molecule has 1 unspecified atom stereocenters. The third-order valence-corrected chi connectivity index (χ3v) is 5.91. The Morgan fingerprint density at radius 3 is 2.70 bits per heavy atom. The van der Waals surface area contributed by atoms with Crippen molar-refractivity contribution in [1.29, 1.82) is 0 Å². The predicted octanol–water partition coefficient (Wildman–Crippen LogP) is 4.30. The second kappa shape index (κ2) is 12.4. The normalized spacial score (nSPS) is 21.4. The molecule has 2 aliphatic rings. The van der Waals surface area contributed by atoms with Gasteiger partial charge in [-0.15, -0.1) is 35.3 Å². The van der Waals surface area contributed by atoms with Gasteiger partial charge in [-0.3, -0.25) is 0 Å². The van der Waals surface area contributed by atoms with Crippen LogP contribution in [0.2, 0.25) is 0 Å². The maximum atomic E-state index is 12.7. The number of aliphatic imine (C=N–C) groups is 1. The third kappa shape index (κ3) is 7.79. The number of thiazole rings is 1. The molecule has 2 fully saturated rings. The molecular formula is C19H30F3IN4O2S. The first-order valence-electron chi connectivity index (χ1n) is 10.2. The van der Waals surface area contributed by atoms with Gasteiger partial charge >= 0.3 is 6.18 Å². The molecule has 1 atom stereocenters. The molecule has 0 saturated carbocycles. The van der Waals surface area contributed by atoms with E-state index in [0.29, 0.717) is 24.1 Å². The van der Waals surface area contributed by atoms with Crippen molar-refractivity contribution in [1.82, 2.24) is 15.2 Å². The van der Waals surface area contributed by atoms with Crippen LogP contribution in [0.15, 0.2) is 10.4 Å². The van der Waals surface area contributed by atoms with Crippen molar-refractivity contribution < 1.29 is 22.6 Å². The van der Waals surface area contributed by atoms with Gasteiger partial charge in [0.25, 0.3) is 0 Å². The fourth-order valence-corrected chi connectivity index (χ4v) is 4.22. The van der Waals surface area contributed by atoms with E-state index in [1.807, 2.05) is 6.92 Å². The summed E-state index contributed by atoms with van der Waals surface area (Å²) in [6.45, 7) is 5.89. The van der Waals surface area contributed by atoms with Crippen molar-refractivity contribution >= 4 is 41.3 Å². The average molecular weight is 562 g/mol. The monoisotopic (exact) mass is 562 g/mol. The maximum absolute atomic E-state index is 12.7. The number of hydrogen-bond acceptors (Lipinski definition) is 5. The van der Waals surface area contributed by atoms with E-state index in [2.05, 4.69) is 20.2 Å². The predicted molar refractivity (Wildman–Crippen MR) is 121 cm³/mol. The first kappa shape index (κ1) is 25.6. The van der Waals surface area contributed by atoms with Gasteiger partial charge < -0.3 is 19.7 Å². The minimum atomic E-state index is -4.41. The van der Waals surface area contributed by atoms with Crippen LogP contribution in [0.1, 0.15) is 49.7 Å². The zero-order valence-corrected chi connectivity index (χ0v) is 20.3. The lowest BCUT2D eigenvalue weighted by Crippen LogP contribution is -2.47. The van der Waals surface area contributed by atoms with Crippen molar-refractivity contribution in [3.63, 3.8) is 0 Å². The lowest BCUT2D eigenvalue weighted by molar-refractivity contribution is -0.140. The topological polar surface area (TPSA) is 59.0 Å². The summed E-state index contributed by atoms with van der Waals surface area (Å²) >= 11 is 0.987. The molecule has 0 aromatic carbocycles. The first-order chi connectivity index (χ1) is 14.0. The molecule has 11 heteroatoms. The fraction of sp³-hybridized carbons (Fsp3) is 0.789. The van der Waals surface area contributed by atoms with Crippen LogP contribution >= 0.6 is 35.3 Å². The molecule has 6 nitrogen and oxygen atoms in total. The van der Waals surface area contributed by atoms with Crippen LogP contribution in [0.4, 0.5) is 13.2 Å². The molecule has 0 radical (unpaired) electrons. The molecular weight excluding hydrogens is 532 g/mol. The average Bonchev–Trinajstić information content (AvgIpc) is 3.20. The number of likely N-dealkylation sites (tertiary alicyclic amines) is 1. The third-order valence-electron chi connectivity index (χ3n) is 5.07. The number of piperidine rings is 1. The quantitative estimate of drug-likeness (QED) is 0.319. The van der Waals surface area contributed by atoms with Gasteiger partial charge in [-0.05, 0) is 39.0 Å². The van der Waals surface area contributed by atoms with Gasteiger partial charge in [0.2, 0.25) is 0 Å². The minimum Gasteiger partial charge on any atom is -0.376 e. The van der Waals surface area contributed by atoms with Gasteiger partial charge in [0.15, 0.2) is 11.7 Å². The van der Waals surface area contributed by atoms with E-state index in [1.165, 1.54) is 6.42 Å². The Bertz CT molecular complexity index is 660. The molecule has 1 N–H and O–H groups in total. The van der Waals surface area contributed by atoms with Crippen LogP contribution in [-0.4, -0.2) is 60.9 Å². The number of rotatable bonds is 6. The van der Waals surface area contributed by atoms with Crippen molar-refractivity contribution in [2.45, 2.75) is 64.0 Å². The van der Waals surface area contributed by atoms with Crippen LogP contribution in [0, 0.1) is 0 Å². The summed E-state index contributed by atoms with van der Waals surface area (Å²) < 4.78 is 49.9. The Labute approximate surface area is 196 Å². The summed E-state index contributed by atoms with van der Waals surface area (Å²) in [7, 11) is 0. The standard InChI is InChI=1S/C19H29F3N4O2S.HI/c1-2-23-18(24-11-17-25-16(13-29-17)19(20,21)22)26-8-6-14(7-9-26)28-12-15-5-3-4-10-27-15;/h13-15H,2-12H2,1H3,(H,23,24);1H. The van der Waals surface area contributed by atoms with Crippen LogP contribution in [0.3, 0.4) is 0 Å². The van der Waals surface area contributed by atoms with Crippen LogP contribution in [0.5, 0.6) is 0 Å². The summed E-state index contributed by atoms with van der Waals surface area (Å²) in [5.74, 6) is 0.713. The Morgan fingerprint density at radius 1 is 1.33 bits per heavy atom. The highest BCUT2D eigenvalue weighted by Gasteiger charge is 2.33. The van der Waals surface area contributed by atoms with E-state index >= 15 is 0 Å². The highest BCUT2D eigenvalue weighted by molar-refractivity contribution is 14.0. The smallest absolute Gasteiger partial charge is 0.376 e. The molecule has 0 amide bonds. The van der Waals surface area contributed by atoms with Gasteiger partial charge in [0.1, 0.15) is 5.01 Å². The minimum absolute atomic E-state index is 0. The number of alkyl halides is 3. The van der Waals surface area contributed by atoms with Crippen molar-refractivity contribution in [3.05, 3.63) is 16.1 Å². The Morgan fingerprint density at radius 2 is 2.10 bits per heavy atom. The van der Waals surface area contributed by atoms with Crippen molar-refractivity contribution in [3.8, 4) is 0 Å². The van der Waals surface area contributed by atoms with E-state index < -0.39 is 11.9 Å². The Hall–Kier alpha value is -0.660. The molecule has 3 rings (SSSR count). The Balaban J connectivity index is 0.00000320. The summed E-state index contributed by atoms with van der Waals surface area (Å²) in [6, 6.07) is 0. The maximum Gasteiger partial charge on any atom is 0.434 e. The zero-order valence-electron chi connectivity index (χ0n) is 17.1. The molecule has 172 valence electrons. The molecule has 2 saturated heterocycles. The number of nitrogens with one attached hydrogen (secondary N) is 1. The second-order valence-corrected chi connectivity index (χ2v) is 8.25. The molecule has 0 spiro atoms. The molecule has 3 heterocycles. The van der Waals surface area contributed by atoms with Crippen LogP contribution in [-0.2, 0) is 22.2 Å². The largest absolute Gasteiger partial charge is 0.434 e. The van der Waals surface area contributed by atoms with E-state index in [0.717, 1.165) is 62.1 Å². The number of ether oxygens (including phenoxy) is 2. The Kier molecular flexibility index (Phi) is 10.6. The van der Waals surface area contributed by atoms with Gasteiger partial charge in [-0.2, -0.15) is 13.2 Å². The second-order valence-electron chi connectivity index (χ2n) is 7.30. The lowest BCUT2D eigenvalue weighted by Gasteiger charge is -2.35. The van der Waals surface area contributed by atoms with Crippen molar-refractivity contribution in [2.75, 3.05) is 32.8 Å². The number of nitrogens with zero attached hydrogens (tertiary/aromatic N) is 3. The van der Waals surface area contributed by atoms with Crippen LogP contribution in [0.25, 0.3) is 0 Å². The molecule has 0 bridgehead atoms. The molecule has 2 aliphatic heterocycles. The van der Waals surface area contributed by atoms with Gasteiger partial charge in [0.05, 0.1) is 25.4 Å². The fourth-order valence-electron chi connectivity index (χ4n) is 3.50. The summed E-state index contributed by atoms with van der Waals surface area (Å²) in [6.07, 6.45) is 1.24. The van der Waals surface area contributed by atoms with Crippen molar-refractivity contribution in [2.24, 2.45) is 4.99 Å². The van der Waals surface area contributed by atoms with E-state index in [-0.39, 0.29) is 42.7 Å². The van der Waals surface area contributed by atoms with E-state index in [9.17, 15) is 13.2 Å². The van der Waals surface area contributed by atoms with E-state index in [1.54, 1.807) is 0 Å². The summed E-state index contributed by atoms with van der Waals surface area (Å²) in [5.41, 5.74) is -0.849. The number of hydrogen-bond donors (Lipinski definition) is 1. The summed E-state index contributed by atoms with van der Waals surface area (Å²) in [5, 5.41) is 4.63. The van der Waals surface area contributed by atoms with E-state index in [4.69, 9.17) is 9.47 Å². The first-order valence-corrected chi connectivity index (χ1v) is 11.1. The lowest BCUT2D eigenvalue weighted by atomic mass is 10.1. The van der Waals surface area contributed by atoms with Crippen LogP contribution < -0.4 is 5.32 Å². The number of halogens is 4.